The number of nitro benzene ring substituents is 1. The van der Waals surface area contributed by atoms with Gasteiger partial charge in [0.1, 0.15) is 23.1 Å². The van der Waals surface area contributed by atoms with Crippen molar-refractivity contribution in [2.24, 2.45) is 0 Å². The normalized spacial score (nSPS) is 13.5. The molecule has 45 heavy (non-hydrogen) atoms. The molecule has 1 saturated heterocycles. The molecule has 0 radical (unpaired) electrons. The fourth-order valence-electron chi connectivity index (χ4n) is 4.93. The van der Waals surface area contributed by atoms with Crippen molar-refractivity contribution in [2.75, 3.05) is 88.0 Å². The number of methoxy groups -OCH3 is 1. The summed E-state index contributed by atoms with van der Waals surface area (Å²) in [4.78, 5) is 34.7. The number of benzene rings is 2. The summed E-state index contributed by atoms with van der Waals surface area (Å²) in [6, 6.07) is 11.7. The van der Waals surface area contributed by atoms with Crippen LogP contribution in [0.15, 0.2) is 48.5 Å². The van der Waals surface area contributed by atoms with Crippen LogP contribution < -0.4 is 25.2 Å². The van der Waals surface area contributed by atoms with Crippen molar-refractivity contribution in [3.05, 3.63) is 64.2 Å². The molecule has 1 aromatic heterocycles. The van der Waals surface area contributed by atoms with Gasteiger partial charge in [0.15, 0.2) is 0 Å². The van der Waals surface area contributed by atoms with Gasteiger partial charge < -0.3 is 35.0 Å². The van der Waals surface area contributed by atoms with Crippen LogP contribution in [0.1, 0.15) is 12.5 Å². The Bertz CT molecular complexity index is 1530. The van der Waals surface area contributed by atoms with Crippen LogP contribution in [-0.2, 0) is 11.0 Å². The Balaban J connectivity index is 1.59. The van der Waals surface area contributed by atoms with Gasteiger partial charge in [-0.2, -0.15) is 13.2 Å². The van der Waals surface area contributed by atoms with Crippen LogP contribution in [0.4, 0.5) is 53.2 Å². The molecule has 2 N–H and O–H groups in total. The van der Waals surface area contributed by atoms with Gasteiger partial charge in [-0.3, -0.25) is 14.9 Å². The van der Waals surface area contributed by atoms with E-state index in [0.29, 0.717) is 56.4 Å². The van der Waals surface area contributed by atoms with E-state index in [2.05, 4.69) is 20.5 Å². The molecule has 0 bridgehead atoms. The quantitative estimate of drug-likeness (QED) is 0.217. The van der Waals surface area contributed by atoms with Gasteiger partial charge in [-0.15, -0.1) is 0 Å². The molecule has 0 spiro atoms. The zero-order chi connectivity index (χ0) is 32.9. The number of nitrogens with one attached hydrogen (secondary N) is 2. The van der Waals surface area contributed by atoms with Gasteiger partial charge >= 0.3 is 6.18 Å². The molecule has 2 heterocycles. The second-order valence-corrected chi connectivity index (χ2v) is 10.9. The van der Waals surface area contributed by atoms with Crippen LogP contribution in [0.25, 0.3) is 0 Å². The predicted molar refractivity (Wildman–Crippen MR) is 168 cm³/mol. The summed E-state index contributed by atoms with van der Waals surface area (Å²) in [6.07, 6.45) is -4.74. The van der Waals surface area contributed by atoms with E-state index in [1.807, 2.05) is 31.1 Å². The number of carbonyl (C=O) groups excluding carboxylic acids is 1. The first-order valence-corrected chi connectivity index (χ1v) is 14.2. The van der Waals surface area contributed by atoms with Gasteiger partial charge in [0.2, 0.25) is 5.91 Å². The van der Waals surface area contributed by atoms with E-state index < -0.39 is 22.5 Å². The summed E-state index contributed by atoms with van der Waals surface area (Å²) in [6.45, 7) is 5.20. The smallest absolute Gasteiger partial charge is 0.419 e. The van der Waals surface area contributed by atoms with Gasteiger partial charge in [0.25, 0.3) is 5.69 Å². The van der Waals surface area contributed by atoms with Crippen LogP contribution in [0.5, 0.6) is 5.75 Å². The first-order valence-electron chi connectivity index (χ1n) is 14.2. The Morgan fingerprint density at radius 3 is 2.33 bits per heavy atom. The number of ether oxygens (including phenoxy) is 1. The van der Waals surface area contributed by atoms with Gasteiger partial charge in [0, 0.05) is 76.7 Å². The first-order chi connectivity index (χ1) is 21.3. The summed E-state index contributed by atoms with van der Waals surface area (Å²) in [5, 5.41) is 17.5. The predicted octanol–water partition coefficient (Wildman–Crippen LogP) is 5.17. The molecule has 0 saturated carbocycles. The van der Waals surface area contributed by atoms with Gasteiger partial charge in [-0.1, -0.05) is 0 Å². The number of hydrogen-bond acceptors (Lipinski definition) is 10. The Hall–Kier alpha value is -4.79. The van der Waals surface area contributed by atoms with Crippen molar-refractivity contribution in [1.29, 1.82) is 0 Å². The highest BCUT2D eigenvalue weighted by Crippen LogP contribution is 2.39. The summed E-state index contributed by atoms with van der Waals surface area (Å²) in [5.74, 6) is 0.0565. The van der Waals surface area contributed by atoms with Crippen molar-refractivity contribution >= 4 is 46.0 Å². The van der Waals surface area contributed by atoms with Crippen molar-refractivity contribution in [1.82, 2.24) is 14.8 Å². The summed E-state index contributed by atoms with van der Waals surface area (Å²) in [5.41, 5.74) is 0.478. The SMILES string of the molecule is COc1cc(N2CCN(C(C)=O)CC2)ccc1Nc1ccc(C(F)(F)F)c(Nc2ccc(N(C)CCN(C)C)c([N+](=O)[O-])c2)n1. The molecule has 1 amide bonds. The Morgan fingerprint density at radius 1 is 1.02 bits per heavy atom. The Labute approximate surface area is 259 Å². The second-order valence-electron chi connectivity index (χ2n) is 10.9. The number of rotatable bonds is 11. The van der Waals surface area contributed by atoms with E-state index in [4.69, 9.17) is 4.74 Å². The zero-order valence-corrected chi connectivity index (χ0v) is 25.8. The number of aromatic nitrogens is 1. The molecular weight excluding hydrogens is 593 g/mol. The number of nitro groups is 1. The monoisotopic (exact) mass is 630 g/mol. The van der Waals surface area contributed by atoms with Crippen LogP contribution in [0.3, 0.4) is 0 Å². The number of amides is 1. The topological polar surface area (TPSA) is 119 Å². The van der Waals surface area contributed by atoms with E-state index >= 15 is 0 Å². The molecule has 0 atom stereocenters. The van der Waals surface area contributed by atoms with Crippen LogP contribution in [0.2, 0.25) is 0 Å². The fraction of sp³-hybridized carbons (Fsp3) is 0.400. The first kappa shape index (κ1) is 33.1. The molecule has 12 nitrogen and oxygen atoms in total. The molecule has 1 fully saturated rings. The molecule has 4 rings (SSSR count). The van der Waals surface area contributed by atoms with E-state index in [9.17, 15) is 28.1 Å². The number of piperazine rings is 1. The highest BCUT2D eigenvalue weighted by molar-refractivity contribution is 5.75. The average Bonchev–Trinajstić information content (AvgIpc) is 2.99. The second kappa shape index (κ2) is 13.9. The lowest BCUT2D eigenvalue weighted by atomic mass is 10.2. The van der Waals surface area contributed by atoms with Gasteiger partial charge in [-0.05, 0) is 50.5 Å². The van der Waals surface area contributed by atoms with Crippen LogP contribution >= 0.6 is 0 Å². The number of halogens is 3. The number of anilines is 6. The molecule has 0 unspecified atom stereocenters. The maximum Gasteiger partial charge on any atom is 0.419 e. The van der Waals surface area contributed by atoms with E-state index in [0.717, 1.165) is 11.8 Å². The van der Waals surface area contributed by atoms with Crippen molar-refractivity contribution < 1.29 is 27.6 Å². The molecule has 15 heteroatoms. The van der Waals surface area contributed by atoms with Crippen molar-refractivity contribution in [2.45, 2.75) is 13.1 Å². The van der Waals surface area contributed by atoms with E-state index in [1.165, 1.54) is 31.4 Å². The van der Waals surface area contributed by atoms with Crippen molar-refractivity contribution in [3.8, 4) is 5.75 Å². The highest BCUT2D eigenvalue weighted by atomic mass is 19.4. The molecule has 1 aliphatic rings. The zero-order valence-electron chi connectivity index (χ0n) is 25.8. The fourth-order valence-corrected chi connectivity index (χ4v) is 4.93. The van der Waals surface area contributed by atoms with Gasteiger partial charge in [-0.25, -0.2) is 4.98 Å². The minimum Gasteiger partial charge on any atom is -0.494 e. The Morgan fingerprint density at radius 2 is 1.73 bits per heavy atom. The third-order valence-corrected chi connectivity index (χ3v) is 7.47. The highest BCUT2D eigenvalue weighted by Gasteiger charge is 2.35. The van der Waals surface area contributed by atoms with Crippen molar-refractivity contribution in [3.63, 3.8) is 0 Å². The molecule has 0 aliphatic carbocycles. The number of carbonyl (C=O) groups is 1. The van der Waals surface area contributed by atoms with Crippen LogP contribution in [-0.4, -0.2) is 93.1 Å². The van der Waals surface area contributed by atoms with E-state index in [1.54, 1.807) is 29.8 Å². The Kier molecular flexibility index (Phi) is 10.2. The van der Waals surface area contributed by atoms with Crippen LogP contribution in [0, 0.1) is 10.1 Å². The lowest BCUT2D eigenvalue weighted by Crippen LogP contribution is -2.48. The van der Waals surface area contributed by atoms with Gasteiger partial charge in [0.05, 0.1) is 23.3 Å². The molecule has 2 aromatic carbocycles. The largest absolute Gasteiger partial charge is 0.494 e. The minimum absolute atomic E-state index is 0.0307. The van der Waals surface area contributed by atoms with E-state index in [-0.39, 0.29) is 23.1 Å². The standard InChI is InChI=1S/C30H37F3N8O4/c1-20(42)39-14-16-40(17-15-39)22-7-9-24(27(19-22)45-5)35-28-11-8-23(30(31,32)33)29(36-28)34-21-6-10-25(26(18-21)41(43)44)38(4)13-12-37(2)3/h6-11,18-19H,12-17H2,1-5H3,(H2,34,35,36). The lowest BCUT2D eigenvalue weighted by Gasteiger charge is -2.35. The average molecular weight is 631 g/mol. The molecule has 3 aromatic rings. The summed E-state index contributed by atoms with van der Waals surface area (Å²) >= 11 is 0. The molecule has 242 valence electrons. The number of nitrogens with zero attached hydrogens (tertiary/aromatic N) is 6. The minimum atomic E-state index is -4.74. The maximum absolute atomic E-state index is 14.0. The molecular formula is C30H37F3N8O4. The lowest BCUT2D eigenvalue weighted by molar-refractivity contribution is -0.384. The third kappa shape index (κ3) is 8.23. The number of alkyl halides is 3. The number of hydrogen-bond donors (Lipinski definition) is 2. The number of likely N-dealkylation sites (N-methyl/N-ethyl adjacent to an activating group) is 2. The number of pyridine rings is 1. The summed E-state index contributed by atoms with van der Waals surface area (Å²) < 4.78 is 47.5. The third-order valence-electron chi connectivity index (χ3n) is 7.47. The molecule has 1 aliphatic heterocycles. The maximum atomic E-state index is 14.0. The summed E-state index contributed by atoms with van der Waals surface area (Å²) in [7, 11) is 6.97.